The van der Waals surface area contributed by atoms with Crippen molar-refractivity contribution in [2.45, 2.75) is 12.5 Å². The molecular formula is C18H21NO5S. The highest BCUT2D eigenvalue weighted by molar-refractivity contribution is 7.86. The van der Waals surface area contributed by atoms with Gasteiger partial charge in [-0.2, -0.15) is 8.42 Å². The van der Waals surface area contributed by atoms with Gasteiger partial charge in [0.1, 0.15) is 5.75 Å². The number of benzene rings is 2. The summed E-state index contributed by atoms with van der Waals surface area (Å²) in [5, 5.41) is 3.22. The van der Waals surface area contributed by atoms with E-state index in [1.54, 1.807) is 12.1 Å². The van der Waals surface area contributed by atoms with Gasteiger partial charge in [0.25, 0.3) is 0 Å². The summed E-state index contributed by atoms with van der Waals surface area (Å²) in [4.78, 5) is 12.1. The minimum atomic E-state index is -3.63. The summed E-state index contributed by atoms with van der Waals surface area (Å²) < 4.78 is 32.3. The monoisotopic (exact) mass is 363 g/mol. The molecule has 0 radical (unpaired) electrons. The zero-order chi connectivity index (χ0) is 18.3. The van der Waals surface area contributed by atoms with Crippen LogP contribution >= 0.6 is 0 Å². The third-order valence-corrected chi connectivity index (χ3v) is 4.01. The molecule has 0 fully saturated rings. The van der Waals surface area contributed by atoms with Crippen molar-refractivity contribution >= 4 is 16.1 Å². The average molecular weight is 363 g/mol. The molecule has 0 spiro atoms. The molecule has 2 aromatic rings. The van der Waals surface area contributed by atoms with E-state index in [0.717, 1.165) is 11.8 Å². The van der Waals surface area contributed by atoms with Crippen molar-refractivity contribution in [2.75, 3.05) is 19.9 Å². The summed E-state index contributed by atoms with van der Waals surface area (Å²) in [5.74, 6) is -0.814. The Bertz CT molecular complexity index is 805. The second-order valence-corrected chi connectivity index (χ2v) is 7.13. The Kier molecular flexibility index (Phi) is 6.55. The number of esters is 1. The predicted molar refractivity (Wildman–Crippen MR) is 94.8 cm³/mol. The molecule has 1 unspecified atom stereocenters. The number of carbonyl (C=O) groups excluding carboxylic acids is 1. The lowest BCUT2D eigenvalue weighted by Gasteiger charge is -2.17. The van der Waals surface area contributed by atoms with Crippen LogP contribution in [0, 0.1) is 0 Å². The standard InChI is InChI=1S/C18H21NO5S/c1-23-18(20)17(13-19-12-14-7-4-3-5-8-14)15-9-6-10-16(11-15)24-25(2,21)22/h3-11,17,19H,12-13H2,1-2H3. The van der Waals surface area contributed by atoms with Crippen LogP contribution in [0.3, 0.4) is 0 Å². The summed E-state index contributed by atoms with van der Waals surface area (Å²) in [5.41, 5.74) is 1.72. The van der Waals surface area contributed by atoms with Gasteiger partial charge in [-0.25, -0.2) is 0 Å². The van der Waals surface area contributed by atoms with Gasteiger partial charge >= 0.3 is 16.1 Å². The maximum atomic E-state index is 12.1. The normalized spacial score (nSPS) is 12.4. The van der Waals surface area contributed by atoms with Gasteiger partial charge in [-0.1, -0.05) is 42.5 Å². The van der Waals surface area contributed by atoms with Gasteiger partial charge in [0, 0.05) is 13.1 Å². The number of hydrogen-bond acceptors (Lipinski definition) is 6. The third kappa shape index (κ3) is 6.21. The average Bonchev–Trinajstić information content (AvgIpc) is 2.58. The smallest absolute Gasteiger partial charge is 0.314 e. The Labute approximate surface area is 147 Å². The van der Waals surface area contributed by atoms with E-state index in [-0.39, 0.29) is 5.75 Å². The van der Waals surface area contributed by atoms with Crippen molar-refractivity contribution in [2.24, 2.45) is 0 Å². The zero-order valence-electron chi connectivity index (χ0n) is 14.1. The van der Waals surface area contributed by atoms with E-state index in [0.29, 0.717) is 18.7 Å². The number of hydrogen-bond donors (Lipinski definition) is 1. The molecule has 2 aromatic carbocycles. The van der Waals surface area contributed by atoms with Gasteiger partial charge in [0.15, 0.2) is 0 Å². The number of methoxy groups -OCH3 is 1. The number of nitrogens with one attached hydrogen (secondary N) is 1. The molecule has 0 bridgehead atoms. The Morgan fingerprint density at radius 2 is 1.84 bits per heavy atom. The highest BCUT2D eigenvalue weighted by atomic mass is 32.2. The van der Waals surface area contributed by atoms with Gasteiger partial charge in [-0.05, 0) is 23.3 Å². The third-order valence-electron chi connectivity index (χ3n) is 3.51. The molecule has 7 heteroatoms. The minimum absolute atomic E-state index is 0.164. The molecule has 25 heavy (non-hydrogen) atoms. The summed E-state index contributed by atoms with van der Waals surface area (Å²) in [7, 11) is -2.31. The first-order chi connectivity index (χ1) is 11.9. The molecule has 0 saturated heterocycles. The number of ether oxygens (including phenoxy) is 1. The molecular weight excluding hydrogens is 342 g/mol. The van der Waals surface area contributed by atoms with Crippen molar-refractivity contribution < 1.29 is 22.1 Å². The van der Waals surface area contributed by atoms with Crippen molar-refractivity contribution in [1.29, 1.82) is 0 Å². The molecule has 1 atom stereocenters. The fourth-order valence-electron chi connectivity index (χ4n) is 2.39. The highest BCUT2D eigenvalue weighted by Gasteiger charge is 2.22. The summed E-state index contributed by atoms with van der Waals surface area (Å²) in [6.07, 6.45) is 0.971. The molecule has 0 saturated carbocycles. The molecule has 0 aromatic heterocycles. The van der Waals surface area contributed by atoms with E-state index in [9.17, 15) is 13.2 Å². The van der Waals surface area contributed by atoms with Gasteiger partial charge in [-0.3, -0.25) is 4.79 Å². The maximum Gasteiger partial charge on any atom is 0.314 e. The van der Waals surface area contributed by atoms with Crippen LogP contribution in [-0.2, 0) is 26.2 Å². The van der Waals surface area contributed by atoms with Crippen LogP contribution in [0.15, 0.2) is 54.6 Å². The van der Waals surface area contributed by atoms with E-state index >= 15 is 0 Å². The maximum absolute atomic E-state index is 12.1. The molecule has 1 N–H and O–H groups in total. The van der Waals surface area contributed by atoms with Crippen molar-refractivity contribution in [3.63, 3.8) is 0 Å². The van der Waals surface area contributed by atoms with Crippen LogP contribution in [0.2, 0.25) is 0 Å². The molecule has 134 valence electrons. The Balaban J connectivity index is 2.11. The Hall–Kier alpha value is -2.38. The largest absolute Gasteiger partial charge is 0.469 e. The summed E-state index contributed by atoms with van der Waals surface area (Å²) in [6, 6.07) is 16.2. The van der Waals surface area contributed by atoms with Crippen LogP contribution in [0.5, 0.6) is 5.75 Å². The second-order valence-electron chi connectivity index (χ2n) is 5.55. The Morgan fingerprint density at radius 1 is 1.12 bits per heavy atom. The van der Waals surface area contributed by atoms with Gasteiger partial charge < -0.3 is 14.2 Å². The van der Waals surface area contributed by atoms with E-state index in [4.69, 9.17) is 8.92 Å². The summed E-state index contributed by atoms with van der Waals surface area (Å²) >= 11 is 0. The first-order valence-corrected chi connectivity index (χ1v) is 9.52. The van der Waals surface area contributed by atoms with E-state index in [2.05, 4.69) is 5.32 Å². The zero-order valence-corrected chi connectivity index (χ0v) is 15.0. The SMILES string of the molecule is COC(=O)C(CNCc1ccccc1)c1cccc(OS(C)(=O)=O)c1. The number of carbonyl (C=O) groups is 1. The van der Waals surface area contributed by atoms with Crippen LogP contribution in [0.1, 0.15) is 17.0 Å². The van der Waals surface area contributed by atoms with Crippen LogP contribution in [-0.4, -0.2) is 34.3 Å². The first kappa shape index (κ1) is 19.0. The molecule has 6 nitrogen and oxygen atoms in total. The van der Waals surface area contributed by atoms with Crippen molar-refractivity contribution in [3.8, 4) is 5.75 Å². The molecule has 0 heterocycles. The van der Waals surface area contributed by atoms with E-state index in [1.807, 2.05) is 30.3 Å². The lowest BCUT2D eigenvalue weighted by Crippen LogP contribution is -2.27. The van der Waals surface area contributed by atoms with Crippen LogP contribution < -0.4 is 9.50 Å². The summed E-state index contributed by atoms with van der Waals surface area (Å²) in [6.45, 7) is 0.956. The molecule has 0 aliphatic carbocycles. The minimum Gasteiger partial charge on any atom is -0.469 e. The molecule has 0 amide bonds. The second kappa shape index (κ2) is 8.64. The fourth-order valence-corrected chi connectivity index (χ4v) is 2.85. The van der Waals surface area contributed by atoms with Crippen LogP contribution in [0.25, 0.3) is 0 Å². The van der Waals surface area contributed by atoms with Crippen molar-refractivity contribution in [1.82, 2.24) is 5.32 Å². The van der Waals surface area contributed by atoms with Crippen LogP contribution in [0.4, 0.5) is 0 Å². The first-order valence-electron chi connectivity index (χ1n) is 7.71. The topological polar surface area (TPSA) is 81.7 Å². The van der Waals surface area contributed by atoms with E-state index < -0.39 is 22.0 Å². The molecule has 0 aliphatic heterocycles. The van der Waals surface area contributed by atoms with Gasteiger partial charge in [0.2, 0.25) is 0 Å². The molecule has 0 aliphatic rings. The quantitative estimate of drug-likeness (QED) is 0.571. The highest BCUT2D eigenvalue weighted by Crippen LogP contribution is 2.23. The fraction of sp³-hybridized carbons (Fsp3) is 0.278. The Morgan fingerprint density at radius 3 is 2.48 bits per heavy atom. The lowest BCUT2D eigenvalue weighted by molar-refractivity contribution is -0.142. The van der Waals surface area contributed by atoms with Gasteiger partial charge in [-0.15, -0.1) is 0 Å². The van der Waals surface area contributed by atoms with Crippen molar-refractivity contribution in [3.05, 3.63) is 65.7 Å². The van der Waals surface area contributed by atoms with E-state index in [1.165, 1.54) is 19.2 Å². The predicted octanol–water partition coefficient (Wildman–Crippen LogP) is 2.07. The lowest BCUT2D eigenvalue weighted by atomic mass is 9.99. The molecule has 2 rings (SSSR count). The number of rotatable bonds is 8. The van der Waals surface area contributed by atoms with Gasteiger partial charge in [0.05, 0.1) is 19.3 Å².